The third kappa shape index (κ3) is 4.21. The average Bonchev–Trinajstić information content (AvgIpc) is 2.14. The van der Waals surface area contributed by atoms with Crippen LogP contribution in [0.25, 0.3) is 0 Å². The van der Waals surface area contributed by atoms with Crippen LogP contribution in [-0.2, 0) is 10.2 Å². The van der Waals surface area contributed by atoms with Crippen molar-refractivity contribution < 1.29 is 8.42 Å². The number of nitrogens with two attached hydrogens (primary N) is 1. The molecule has 102 valence electrons. The molecule has 0 aromatic heterocycles. The summed E-state index contributed by atoms with van der Waals surface area (Å²) in [6.07, 6.45) is 1.66. The van der Waals surface area contributed by atoms with Crippen molar-refractivity contribution in [2.75, 3.05) is 13.1 Å². The second kappa shape index (κ2) is 5.22. The zero-order valence-electron chi connectivity index (χ0n) is 11.2. The normalized spacial score (nSPS) is 28.3. The first-order valence-electron chi connectivity index (χ1n) is 6.20. The van der Waals surface area contributed by atoms with E-state index in [4.69, 9.17) is 5.73 Å². The molecule has 1 aliphatic heterocycles. The van der Waals surface area contributed by atoms with Crippen LogP contribution in [-0.4, -0.2) is 37.4 Å². The second-order valence-electron chi connectivity index (χ2n) is 5.84. The zero-order valence-corrected chi connectivity index (χ0v) is 12.0. The van der Waals surface area contributed by atoms with Gasteiger partial charge in [-0.15, -0.1) is 0 Å². The highest BCUT2D eigenvalue weighted by atomic mass is 32.2. The summed E-state index contributed by atoms with van der Waals surface area (Å²) < 4.78 is 28.5. The number of piperidine rings is 1. The third-order valence-corrected chi connectivity index (χ3v) is 4.94. The van der Waals surface area contributed by atoms with Crippen molar-refractivity contribution >= 4 is 10.2 Å². The summed E-state index contributed by atoms with van der Waals surface area (Å²) in [6.45, 7) is 8.64. The van der Waals surface area contributed by atoms with Crippen molar-refractivity contribution in [2.45, 2.75) is 52.1 Å². The quantitative estimate of drug-likeness (QED) is 0.786. The number of nitrogens with one attached hydrogen (secondary N) is 1. The number of rotatable bonds is 3. The van der Waals surface area contributed by atoms with Gasteiger partial charge in [-0.25, -0.2) is 0 Å². The lowest BCUT2D eigenvalue weighted by atomic mass is 9.92. The van der Waals surface area contributed by atoms with Gasteiger partial charge >= 0.3 is 0 Å². The maximum Gasteiger partial charge on any atom is 0.279 e. The Balaban J connectivity index is 2.73. The maximum absolute atomic E-state index is 12.1. The molecule has 1 saturated heterocycles. The average molecular weight is 263 g/mol. The van der Waals surface area contributed by atoms with Crippen molar-refractivity contribution in [3.63, 3.8) is 0 Å². The SMILES string of the molecule is CCC1CN(S(=O)(=O)NC(C)(C)C)CCC1N. The monoisotopic (exact) mass is 263 g/mol. The standard InChI is InChI=1S/C11H25N3O2S/c1-5-9-8-14(7-6-10(9)12)17(15,16)13-11(2,3)4/h9-10,13H,5-8,12H2,1-4H3. The summed E-state index contributed by atoms with van der Waals surface area (Å²) >= 11 is 0. The molecule has 0 aromatic rings. The number of nitrogens with zero attached hydrogens (tertiary/aromatic N) is 1. The zero-order chi connectivity index (χ0) is 13.3. The number of hydrogen-bond acceptors (Lipinski definition) is 3. The molecule has 3 N–H and O–H groups in total. The second-order valence-corrected chi connectivity index (χ2v) is 7.51. The Bertz CT molecular complexity index is 348. The molecule has 1 heterocycles. The van der Waals surface area contributed by atoms with Crippen LogP contribution in [0.5, 0.6) is 0 Å². The van der Waals surface area contributed by atoms with Gasteiger partial charge in [-0.3, -0.25) is 0 Å². The van der Waals surface area contributed by atoms with Crippen LogP contribution < -0.4 is 10.5 Å². The third-order valence-electron chi connectivity index (χ3n) is 3.05. The molecule has 17 heavy (non-hydrogen) atoms. The van der Waals surface area contributed by atoms with Gasteiger partial charge in [0.1, 0.15) is 0 Å². The smallest absolute Gasteiger partial charge is 0.279 e. The van der Waals surface area contributed by atoms with Crippen molar-refractivity contribution in [2.24, 2.45) is 11.7 Å². The highest BCUT2D eigenvalue weighted by molar-refractivity contribution is 7.87. The molecule has 0 amide bonds. The summed E-state index contributed by atoms with van der Waals surface area (Å²) in [7, 11) is -3.38. The molecule has 5 nitrogen and oxygen atoms in total. The van der Waals surface area contributed by atoms with Crippen molar-refractivity contribution in [3.8, 4) is 0 Å². The van der Waals surface area contributed by atoms with Gasteiger partial charge in [0.25, 0.3) is 10.2 Å². The largest absolute Gasteiger partial charge is 0.327 e. The Morgan fingerprint density at radius 3 is 2.47 bits per heavy atom. The lowest BCUT2D eigenvalue weighted by Gasteiger charge is -2.37. The van der Waals surface area contributed by atoms with E-state index in [0.29, 0.717) is 13.1 Å². The molecule has 0 aliphatic carbocycles. The minimum absolute atomic E-state index is 0.126. The molecule has 6 heteroatoms. The highest BCUT2D eigenvalue weighted by Crippen LogP contribution is 2.21. The first-order valence-corrected chi connectivity index (χ1v) is 7.64. The fourth-order valence-corrected chi connectivity index (χ4v) is 3.76. The van der Waals surface area contributed by atoms with Gasteiger partial charge in [0.05, 0.1) is 0 Å². The predicted molar refractivity (Wildman–Crippen MR) is 69.8 cm³/mol. The van der Waals surface area contributed by atoms with Crippen molar-refractivity contribution in [3.05, 3.63) is 0 Å². The van der Waals surface area contributed by atoms with E-state index in [2.05, 4.69) is 11.6 Å². The van der Waals surface area contributed by atoms with Gasteiger partial charge in [-0.05, 0) is 33.1 Å². The van der Waals surface area contributed by atoms with Gasteiger partial charge in [-0.1, -0.05) is 13.3 Å². The van der Waals surface area contributed by atoms with E-state index in [-0.39, 0.29) is 12.0 Å². The van der Waals surface area contributed by atoms with E-state index in [1.54, 1.807) is 0 Å². The van der Waals surface area contributed by atoms with E-state index in [0.717, 1.165) is 12.8 Å². The number of hydrogen-bond donors (Lipinski definition) is 2. The van der Waals surface area contributed by atoms with Crippen LogP contribution in [0.3, 0.4) is 0 Å². The Morgan fingerprint density at radius 2 is 2.00 bits per heavy atom. The fraction of sp³-hybridized carbons (Fsp3) is 1.00. The lowest BCUT2D eigenvalue weighted by molar-refractivity contribution is 0.226. The molecule has 2 atom stereocenters. The molecular weight excluding hydrogens is 238 g/mol. The molecule has 0 bridgehead atoms. The van der Waals surface area contributed by atoms with Crippen LogP contribution in [0.2, 0.25) is 0 Å². The minimum atomic E-state index is -3.38. The molecule has 1 fully saturated rings. The highest BCUT2D eigenvalue weighted by Gasteiger charge is 2.33. The summed E-state index contributed by atoms with van der Waals surface area (Å²) in [5.74, 6) is 0.264. The van der Waals surface area contributed by atoms with E-state index < -0.39 is 15.7 Å². The van der Waals surface area contributed by atoms with Crippen LogP contribution in [0.15, 0.2) is 0 Å². The van der Waals surface area contributed by atoms with E-state index in [9.17, 15) is 8.42 Å². The molecular formula is C11H25N3O2S. The van der Waals surface area contributed by atoms with Crippen LogP contribution in [0.1, 0.15) is 40.5 Å². The topological polar surface area (TPSA) is 75.4 Å². The predicted octanol–water partition coefficient (Wildman–Crippen LogP) is 0.679. The summed E-state index contributed by atoms with van der Waals surface area (Å²) in [4.78, 5) is 0. The van der Waals surface area contributed by atoms with E-state index >= 15 is 0 Å². The van der Waals surface area contributed by atoms with E-state index in [1.807, 2.05) is 20.8 Å². The molecule has 0 aromatic carbocycles. The Labute approximate surface area is 105 Å². The van der Waals surface area contributed by atoms with Gasteiger partial charge in [0, 0.05) is 24.7 Å². The fourth-order valence-electron chi connectivity index (χ4n) is 2.12. The maximum atomic E-state index is 12.1. The first-order chi connectivity index (χ1) is 7.65. The van der Waals surface area contributed by atoms with Gasteiger partial charge in [0.15, 0.2) is 0 Å². The summed E-state index contributed by atoms with van der Waals surface area (Å²) in [6, 6.07) is 0.126. The van der Waals surface area contributed by atoms with Crippen molar-refractivity contribution in [1.82, 2.24) is 9.03 Å². The van der Waals surface area contributed by atoms with Gasteiger partial charge in [-0.2, -0.15) is 17.4 Å². The van der Waals surface area contributed by atoms with E-state index in [1.165, 1.54) is 4.31 Å². The Hall–Kier alpha value is -0.170. The summed E-state index contributed by atoms with van der Waals surface area (Å²) in [5.41, 5.74) is 5.54. The summed E-state index contributed by atoms with van der Waals surface area (Å²) in [5, 5.41) is 0. The Morgan fingerprint density at radius 1 is 1.41 bits per heavy atom. The molecule has 0 radical (unpaired) electrons. The Kier molecular flexibility index (Phi) is 4.57. The molecule has 1 aliphatic rings. The molecule has 2 unspecified atom stereocenters. The first kappa shape index (κ1) is 14.9. The lowest BCUT2D eigenvalue weighted by Crippen LogP contribution is -2.55. The minimum Gasteiger partial charge on any atom is -0.327 e. The van der Waals surface area contributed by atoms with Gasteiger partial charge in [0.2, 0.25) is 0 Å². The molecule has 0 saturated carbocycles. The van der Waals surface area contributed by atoms with Crippen LogP contribution in [0, 0.1) is 5.92 Å². The van der Waals surface area contributed by atoms with Crippen LogP contribution in [0.4, 0.5) is 0 Å². The van der Waals surface area contributed by atoms with Crippen molar-refractivity contribution in [1.29, 1.82) is 0 Å². The molecule has 0 spiro atoms. The van der Waals surface area contributed by atoms with Gasteiger partial charge < -0.3 is 5.73 Å². The van der Waals surface area contributed by atoms with Crippen LogP contribution >= 0.6 is 0 Å². The molecule has 1 rings (SSSR count).